The van der Waals surface area contributed by atoms with Gasteiger partial charge in [0.15, 0.2) is 11.5 Å². The Kier molecular flexibility index (Phi) is 8.63. The molecule has 3 aromatic carbocycles. The van der Waals surface area contributed by atoms with Crippen molar-refractivity contribution in [3.05, 3.63) is 76.3 Å². The van der Waals surface area contributed by atoms with Crippen molar-refractivity contribution in [2.24, 2.45) is 5.92 Å². The highest BCUT2D eigenvalue weighted by Gasteiger charge is 2.35. The molecule has 0 aromatic heterocycles. The number of rotatable bonds is 10. The number of methoxy groups -OCH3 is 1. The fraction of sp³-hybridized carbons (Fsp3) is 0.259. The van der Waals surface area contributed by atoms with Crippen LogP contribution in [0.5, 0.6) is 17.2 Å². The van der Waals surface area contributed by atoms with Gasteiger partial charge in [0, 0.05) is 29.7 Å². The number of hydrogen-bond acceptors (Lipinski definition) is 6. The van der Waals surface area contributed by atoms with Crippen LogP contribution >= 0.6 is 23.2 Å². The van der Waals surface area contributed by atoms with Crippen LogP contribution in [0.3, 0.4) is 0 Å². The molecule has 2 N–H and O–H groups in total. The van der Waals surface area contributed by atoms with Gasteiger partial charge in [-0.1, -0.05) is 35.3 Å². The molecule has 4 rings (SSSR count). The molecule has 0 spiro atoms. The zero-order valence-corrected chi connectivity index (χ0v) is 21.9. The van der Waals surface area contributed by atoms with Crippen molar-refractivity contribution in [3.8, 4) is 17.2 Å². The second-order valence-corrected chi connectivity index (χ2v) is 9.19. The molecule has 0 aliphatic carbocycles. The highest BCUT2D eigenvalue weighted by molar-refractivity contribution is 6.32. The molecule has 0 radical (unpaired) electrons. The van der Waals surface area contributed by atoms with Crippen LogP contribution in [0.15, 0.2) is 60.7 Å². The van der Waals surface area contributed by atoms with E-state index in [0.29, 0.717) is 39.6 Å². The summed E-state index contributed by atoms with van der Waals surface area (Å²) in [6, 6.07) is 17.8. The van der Waals surface area contributed by atoms with Crippen LogP contribution in [0.4, 0.5) is 11.4 Å². The number of carbonyl (C=O) groups excluding carboxylic acids is 2. The molecule has 0 bridgehead atoms. The van der Waals surface area contributed by atoms with Crippen molar-refractivity contribution in [3.63, 3.8) is 0 Å². The number of hydrazine groups is 1. The van der Waals surface area contributed by atoms with Crippen molar-refractivity contribution in [2.75, 3.05) is 30.6 Å². The van der Waals surface area contributed by atoms with Crippen molar-refractivity contribution in [1.82, 2.24) is 5.43 Å². The predicted molar refractivity (Wildman–Crippen MR) is 144 cm³/mol. The maximum Gasteiger partial charge on any atom is 0.243 e. The second kappa shape index (κ2) is 12.1. The number of hydrogen-bond donors (Lipinski definition) is 2. The van der Waals surface area contributed by atoms with Crippen LogP contribution in [-0.2, 0) is 16.2 Å². The van der Waals surface area contributed by atoms with Crippen molar-refractivity contribution >= 4 is 46.4 Å². The van der Waals surface area contributed by atoms with Gasteiger partial charge in [0.1, 0.15) is 12.4 Å². The number of halogens is 2. The van der Waals surface area contributed by atoms with Crippen LogP contribution in [0.1, 0.15) is 18.9 Å². The van der Waals surface area contributed by atoms with Gasteiger partial charge < -0.3 is 19.1 Å². The molecule has 1 heterocycles. The minimum Gasteiger partial charge on any atom is -0.497 e. The average Bonchev–Trinajstić information content (AvgIpc) is 3.29. The van der Waals surface area contributed by atoms with E-state index < -0.39 is 5.92 Å². The molecule has 1 saturated heterocycles. The van der Waals surface area contributed by atoms with Gasteiger partial charge in [0.2, 0.25) is 11.8 Å². The topological polar surface area (TPSA) is 89.1 Å². The number of benzene rings is 3. The van der Waals surface area contributed by atoms with Gasteiger partial charge in [0.25, 0.3) is 0 Å². The third kappa shape index (κ3) is 6.58. The van der Waals surface area contributed by atoms with Crippen LogP contribution in [-0.4, -0.2) is 32.1 Å². The van der Waals surface area contributed by atoms with E-state index in [1.165, 1.54) is 0 Å². The predicted octanol–water partition coefficient (Wildman–Crippen LogP) is 5.48. The standard InChI is InChI=1S/C27H27Cl2N3O5/c1-3-36-24-14-20(13-23(29)26(24)37-16-17-4-6-19(28)7-5-17)30-31-27(34)18-12-25(33)32(15-18)21-8-10-22(35-2)11-9-21/h4-11,13-14,18,30H,3,12,15-16H2,1-2H3,(H,31,34)/t18-/m1/s1. The Labute approximate surface area is 225 Å². The summed E-state index contributed by atoms with van der Waals surface area (Å²) in [4.78, 5) is 27.0. The quantitative estimate of drug-likeness (QED) is 0.329. The molecular formula is C27H27Cl2N3O5. The zero-order valence-electron chi connectivity index (χ0n) is 20.4. The first-order valence-electron chi connectivity index (χ1n) is 11.7. The average molecular weight is 544 g/mol. The Morgan fingerprint density at radius 2 is 1.78 bits per heavy atom. The maximum atomic E-state index is 12.8. The number of anilines is 2. The normalized spacial score (nSPS) is 14.9. The molecule has 2 amide bonds. The van der Waals surface area contributed by atoms with E-state index in [1.54, 1.807) is 60.5 Å². The number of carbonyl (C=O) groups is 2. The molecular weight excluding hydrogens is 517 g/mol. The lowest BCUT2D eigenvalue weighted by atomic mass is 10.1. The maximum absolute atomic E-state index is 12.8. The summed E-state index contributed by atoms with van der Waals surface area (Å²) in [6.07, 6.45) is 0.113. The Bertz CT molecular complexity index is 1250. The molecule has 0 unspecified atom stereocenters. The molecule has 3 aromatic rings. The van der Waals surface area contributed by atoms with Crippen LogP contribution in [0.25, 0.3) is 0 Å². The number of nitrogens with one attached hydrogen (secondary N) is 2. The highest BCUT2D eigenvalue weighted by Crippen LogP contribution is 2.39. The van der Waals surface area contributed by atoms with E-state index in [9.17, 15) is 9.59 Å². The fourth-order valence-electron chi connectivity index (χ4n) is 3.91. The summed E-state index contributed by atoms with van der Waals surface area (Å²) in [5, 5.41) is 0.961. The molecule has 37 heavy (non-hydrogen) atoms. The Balaban J connectivity index is 1.38. The Morgan fingerprint density at radius 1 is 1.05 bits per heavy atom. The molecule has 8 nitrogen and oxygen atoms in total. The van der Waals surface area contributed by atoms with Crippen molar-refractivity contribution < 1.29 is 23.8 Å². The third-order valence-electron chi connectivity index (χ3n) is 5.82. The lowest BCUT2D eigenvalue weighted by Gasteiger charge is -2.18. The minimum atomic E-state index is -0.508. The lowest BCUT2D eigenvalue weighted by Crippen LogP contribution is -2.36. The van der Waals surface area contributed by atoms with E-state index in [2.05, 4.69) is 10.9 Å². The molecule has 10 heteroatoms. The summed E-state index contributed by atoms with van der Waals surface area (Å²) in [7, 11) is 1.58. The van der Waals surface area contributed by atoms with Crippen molar-refractivity contribution in [2.45, 2.75) is 20.0 Å². The third-order valence-corrected chi connectivity index (χ3v) is 6.35. The Hall–Kier alpha value is -3.62. The summed E-state index contributed by atoms with van der Waals surface area (Å²) in [5.41, 5.74) is 7.70. The molecule has 194 valence electrons. The first kappa shape index (κ1) is 26.4. The zero-order chi connectivity index (χ0) is 26.4. The van der Waals surface area contributed by atoms with Gasteiger partial charge in [-0.3, -0.25) is 20.4 Å². The summed E-state index contributed by atoms with van der Waals surface area (Å²) in [6.45, 7) is 2.81. The van der Waals surface area contributed by atoms with Gasteiger partial charge >= 0.3 is 0 Å². The molecule has 1 aliphatic rings. The van der Waals surface area contributed by atoms with Crippen LogP contribution < -0.4 is 30.0 Å². The SMILES string of the molecule is CCOc1cc(NNC(=O)[C@@H]2CC(=O)N(c3ccc(OC)cc3)C2)cc(Cl)c1OCc1ccc(Cl)cc1. The minimum absolute atomic E-state index is 0.113. The molecule has 0 saturated carbocycles. The highest BCUT2D eigenvalue weighted by atomic mass is 35.5. The monoisotopic (exact) mass is 543 g/mol. The van der Waals surface area contributed by atoms with Gasteiger partial charge in [-0.2, -0.15) is 0 Å². The number of nitrogens with zero attached hydrogens (tertiary/aromatic N) is 1. The van der Waals surface area contributed by atoms with Crippen molar-refractivity contribution in [1.29, 1.82) is 0 Å². The smallest absolute Gasteiger partial charge is 0.243 e. The fourth-order valence-corrected chi connectivity index (χ4v) is 4.30. The molecule has 1 fully saturated rings. The van der Waals surface area contributed by atoms with E-state index in [0.717, 1.165) is 11.3 Å². The van der Waals surface area contributed by atoms with E-state index in [4.69, 9.17) is 37.4 Å². The van der Waals surface area contributed by atoms with Gasteiger partial charge in [-0.05, 0) is 55.0 Å². The van der Waals surface area contributed by atoms with Gasteiger partial charge in [0.05, 0.1) is 30.3 Å². The number of amides is 2. The number of ether oxygens (including phenoxy) is 3. The summed E-state index contributed by atoms with van der Waals surface area (Å²) < 4.78 is 16.8. The lowest BCUT2D eigenvalue weighted by molar-refractivity contribution is -0.125. The summed E-state index contributed by atoms with van der Waals surface area (Å²) in [5.74, 6) is 0.594. The second-order valence-electron chi connectivity index (χ2n) is 8.35. The van der Waals surface area contributed by atoms with E-state index in [1.807, 2.05) is 19.1 Å². The van der Waals surface area contributed by atoms with E-state index in [-0.39, 0.29) is 31.4 Å². The van der Waals surface area contributed by atoms with Crippen LogP contribution in [0, 0.1) is 5.92 Å². The van der Waals surface area contributed by atoms with Gasteiger partial charge in [-0.25, -0.2) is 0 Å². The molecule has 1 aliphatic heterocycles. The van der Waals surface area contributed by atoms with Gasteiger partial charge in [-0.15, -0.1) is 0 Å². The summed E-state index contributed by atoms with van der Waals surface area (Å²) >= 11 is 12.4. The first-order chi connectivity index (χ1) is 17.9. The van der Waals surface area contributed by atoms with E-state index >= 15 is 0 Å². The molecule has 1 atom stereocenters. The first-order valence-corrected chi connectivity index (χ1v) is 12.5. The van der Waals surface area contributed by atoms with Crippen LogP contribution in [0.2, 0.25) is 10.0 Å². The largest absolute Gasteiger partial charge is 0.497 e. The Morgan fingerprint density at radius 3 is 2.46 bits per heavy atom.